The number of hydrogen-bond acceptors (Lipinski definition) is 4. The molecule has 0 radical (unpaired) electrons. The average Bonchev–Trinajstić information content (AvgIpc) is 3.07. The van der Waals surface area contributed by atoms with Crippen LogP contribution >= 0.6 is 0 Å². The molecule has 1 fully saturated rings. The highest BCUT2D eigenvalue weighted by atomic mass is 16.5. The third kappa shape index (κ3) is 2.69. The molecule has 5 heteroatoms. The van der Waals surface area contributed by atoms with Crippen molar-refractivity contribution in [3.63, 3.8) is 0 Å². The van der Waals surface area contributed by atoms with Gasteiger partial charge in [-0.1, -0.05) is 30.3 Å². The summed E-state index contributed by atoms with van der Waals surface area (Å²) < 4.78 is 5.45. The van der Waals surface area contributed by atoms with E-state index in [1.54, 1.807) is 0 Å². The molecule has 0 spiro atoms. The molecule has 2 aromatic carbocycles. The number of nitrogens with two attached hydrogens (primary N) is 1. The number of ether oxygens (including phenoxy) is 1. The number of H-pyrrole nitrogens is 1. The number of aromatic nitrogens is 1. The van der Waals surface area contributed by atoms with Gasteiger partial charge in [0.25, 0.3) is 0 Å². The number of fused-ring (bicyclic) bond motifs is 3. The molecule has 1 aromatic heterocycles. The van der Waals surface area contributed by atoms with Crippen LogP contribution in [-0.4, -0.2) is 37.5 Å². The molecule has 3 heterocycles. The van der Waals surface area contributed by atoms with Crippen molar-refractivity contribution in [3.8, 4) is 0 Å². The van der Waals surface area contributed by atoms with Crippen molar-refractivity contribution in [2.75, 3.05) is 31.2 Å². The number of para-hydroxylation sites is 1. The molecule has 3 aromatic rings. The molecular weight excluding hydrogens is 324 g/mol. The summed E-state index contributed by atoms with van der Waals surface area (Å²) in [5, 5.41) is 4.85. The van der Waals surface area contributed by atoms with Gasteiger partial charge in [0.2, 0.25) is 0 Å². The lowest BCUT2D eigenvalue weighted by molar-refractivity contribution is 0.122. The SMILES string of the molecule is N[C@H]1Cc2c([nH]c3ccccc23)[C@H](c2ccc(N3CCOCC3)cc2)N1. The topological polar surface area (TPSA) is 66.3 Å². The van der Waals surface area contributed by atoms with Crippen LogP contribution in [0.15, 0.2) is 48.5 Å². The molecule has 5 rings (SSSR count). The zero-order valence-corrected chi connectivity index (χ0v) is 14.7. The van der Waals surface area contributed by atoms with Gasteiger partial charge < -0.3 is 20.4 Å². The quantitative estimate of drug-likeness (QED) is 0.666. The molecule has 0 aliphatic carbocycles. The minimum Gasteiger partial charge on any atom is -0.378 e. The molecule has 0 amide bonds. The summed E-state index contributed by atoms with van der Waals surface area (Å²) in [5.74, 6) is 0. The predicted octanol–water partition coefficient (Wildman–Crippen LogP) is 2.52. The van der Waals surface area contributed by atoms with Gasteiger partial charge in [0.1, 0.15) is 0 Å². The van der Waals surface area contributed by atoms with Gasteiger partial charge >= 0.3 is 0 Å². The number of anilines is 1. The predicted molar refractivity (Wildman–Crippen MR) is 104 cm³/mol. The average molecular weight is 348 g/mol. The van der Waals surface area contributed by atoms with E-state index in [4.69, 9.17) is 10.5 Å². The zero-order valence-electron chi connectivity index (χ0n) is 14.7. The Labute approximate surface area is 153 Å². The Morgan fingerprint density at radius 1 is 1.00 bits per heavy atom. The molecule has 2 atom stereocenters. The monoisotopic (exact) mass is 348 g/mol. The molecule has 4 N–H and O–H groups in total. The number of morpholine rings is 1. The van der Waals surface area contributed by atoms with E-state index in [9.17, 15) is 0 Å². The molecule has 2 aliphatic heterocycles. The van der Waals surface area contributed by atoms with Crippen LogP contribution in [0.3, 0.4) is 0 Å². The lowest BCUT2D eigenvalue weighted by atomic mass is 9.93. The van der Waals surface area contributed by atoms with Crippen LogP contribution in [0, 0.1) is 0 Å². The highest BCUT2D eigenvalue weighted by Gasteiger charge is 2.28. The summed E-state index contributed by atoms with van der Waals surface area (Å²) in [6.45, 7) is 3.52. The summed E-state index contributed by atoms with van der Waals surface area (Å²) in [4.78, 5) is 5.99. The first-order chi connectivity index (χ1) is 12.8. The lowest BCUT2D eigenvalue weighted by Crippen LogP contribution is -2.45. The van der Waals surface area contributed by atoms with Gasteiger partial charge in [-0.2, -0.15) is 0 Å². The standard InChI is InChI=1S/C21H24N4O/c22-19-13-17-16-3-1-2-4-18(16)23-21(17)20(24-19)14-5-7-15(8-6-14)25-9-11-26-12-10-25/h1-8,19-20,23-24H,9-13,22H2/t19-,20+/m1/s1. The lowest BCUT2D eigenvalue weighted by Gasteiger charge is -2.31. The summed E-state index contributed by atoms with van der Waals surface area (Å²) in [7, 11) is 0. The van der Waals surface area contributed by atoms with E-state index < -0.39 is 0 Å². The second-order valence-electron chi connectivity index (χ2n) is 7.16. The maximum Gasteiger partial charge on any atom is 0.0744 e. The van der Waals surface area contributed by atoms with Crippen LogP contribution in [-0.2, 0) is 11.2 Å². The van der Waals surface area contributed by atoms with Gasteiger partial charge in [-0.25, -0.2) is 0 Å². The zero-order chi connectivity index (χ0) is 17.5. The van der Waals surface area contributed by atoms with Crippen LogP contribution in [0.25, 0.3) is 10.9 Å². The molecular formula is C21H24N4O. The minimum absolute atomic E-state index is 0.0365. The van der Waals surface area contributed by atoms with E-state index >= 15 is 0 Å². The third-order valence-electron chi connectivity index (χ3n) is 5.54. The van der Waals surface area contributed by atoms with Gasteiger partial charge in [0, 0.05) is 41.8 Å². The van der Waals surface area contributed by atoms with Crippen molar-refractivity contribution >= 4 is 16.6 Å². The number of nitrogens with zero attached hydrogens (tertiary/aromatic N) is 1. The first kappa shape index (κ1) is 15.9. The van der Waals surface area contributed by atoms with Crippen molar-refractivity contribution in [2.45, 2.75) is 18.6 Å². The molecule has 26 heavy (non-hydrogen) atoms. The summed E-state index contributed by atoms with van der Waals surface area (Å²) in [6, 6.07) is 17.4. The van der Waals surface area contributed by atoms with E-state index in [0.717, 1.165) is 32.7 Å². The van der Waals surface area contributed by atoms with Crippen molar-refractivity contribution < 1.29 is 4.74 Å². The molecule has 134 valence electrons. The van der Waals surface area contributed by atoms with Crippen LogP contribution in [0.1, 0.15) is 22.9 Å². The molecule has 1 saturated heterocycles. The Morgan fingerprint density at radius 3 is 2.58 bits per heavy atom. The second kappa shape index (κ2) is 6.43. The number of rotatable bonds is 2. The van der Waals surface area contributed by atoms with E-state index in [0.29, 0.717) is 0 Å². The normalized spacial score (nSPS) is 23.2. The van der Waals surface area contributed by atoms with Crippen molar-refractivity contribution in [1.82, 2.24) is 10.3 Å². The Balaban J connectivity index is 1.50. The molecule has 2 aliphatic rings. The summed E-state index contributed by atoms with van der Waals surface area (Å²) in [5.41, 5.74) is 12.6. The fourth-order valence-electron chi connectivity index (χ4n) is 4.23. The number of nitrogens with one attached hydrogen (secondary N) is 2. The Bertz CT molecular complexity index is 911. The summed E-state index contributed by atoms with van der Waals surface area (Å²) in [6.07, 6.45) is 0.812. The molecule has 5 nitrogen and oxygen atoms in total. The highest BCUT2D eigenvalue weighted by molar-refractivity contribution is 5.85. The van der Waals surface area contributed by atoms with E-state index in [-0.39, 0.29) is 12.2 Å². The maximum absolute atomic E-state index is 6.33. The number of benzene rings is 2. The van der Waals surface area contributed by atoms with Crippen molar-refractivity contribution in [3.05, 3.63) is 65.4 Å². The molecule has 0 unspecified atom stereocenters. The van der Waals surface area contributed by atoms with Gasteiger partial charge in [-0.15, -0.1) is 0 Å². The Kier molecular flexibility index (Phi) is 3.93. The molecule has 0 bridgehead atoms. The van der Waals surface area contributed by atoms with Gasteiger partial charge in [-0.3, -0.25) is 5.32 Å². The fraction of sp³-hybridized carbons (Fsp3) is 0.333. The Morgan fingerprint density at radius 2 is 1.77 bits per heavy atom. The Hall–Kier alpha value is -2.34. The van der Waals surface area contributed by atoms with Crippen LogP contribution < -0.4 is 16.0 Å². The fourth-order valence-corrected chi connectivity index (χ4v) is 4.23. The van der Waals surface area contributed by atoms with Crippen LogP contribution in [0.2, 0.25) is 0 Å². The van der Waals surface area contributed by atoms with E-state index in [1.807, 2.05) is 0 Å². The first-order valence-electron chi connectivity index (χ1n) is 9.33. The minimum atomic E-state index is -0.0365. The first-order valence-corrected chi connectivity index (χ1v) is 9.33. The third-order valence-corrected chi connectivity index (χ3v) is 5.54. The number of hydrogen-bond donors (Lipinski definition) is 3. The van der Waals surface area contributed by atoms with Gasteiger partial charge in [-0.05, 0) is 29.3 Å². The van der Waals surface area contributed by atoms with Crippen molar-refractivity contribution in [1.29, 1.82) is 0 Å². The second-order valence-corrected chi connectivity index (χ2v) is 7.16. The smallest absolute Gasteiger partial charge is 0.0744 e. The molecule has 0 saturated carbocycles. The summed E-state index contributed by atoms with van der Waals surface area (Å²) >= 11 is 0. The van der Waals surface area contributed by atoms with Crippen LogP contribution in [0.4, 0.5) is 5.69 Å². The highest BCUT2D eigenvalue weighted by Crippen LogP contribution is 2.34. The number of aromatic amines is 1. The van der Waals surface area contributed by atoms with E-state index in [1.165, 1.54) is 33.4 Å². The maximum atomic E-state index is 6.33. The van der Waals surface area contributed by atoms with Crippen molar-refractivity contribution in [2.24, 2.45) is 5.73 Å². The van der Waals surface area contributed by atoms with Gasteiger partial charge in [0.15, 0.2) is 0 Å². The van der Waals surface area contributed by atoms with Crippen LogP contribution in [0.5, 0.6) is 0 Å². The van der Waals surface area contributed by atoms with Gasteiger partial charge in [0.05, 0.1) is 25.4 Å². The van der Waals surface area contributed by atoms with E-state index in [2.05, 4.69) is 63.7 Å². The largest absolute Gasteiger partial charge is 0.378 e.